The van der Waals surface area contributed by atoms with Crippen molar-refractivity contribution >= 4 is 11.7 Å². The fraction of sp³-hybridized carbons (Fsp3) is 0.417. The lowest BCUT2D eigenvalue weighted by molar-refractivity contribution is -0.135. The van der Waals surface area contributed by atoms with Gasteiger partial charge >= 0.3 is 0 Å². The van der Waals surface area contributed by atoms with Crippen molar-refractivity contribution in [1.29, 1.82) is 0 Å². The van der Waals surface area contributed by atoms with E-state index in [1.165, 1.54) is 12.1 Å². The summed E-state index contributed by atoms with van der Waals surface area (Å²) in [6, 6.07) is 14.1. The van der Waals surface area contributed by atoms with E-state index in [2.05, 4.69) is 18.7 Å². The molecule has 1 aliphatic rings. The third-order valence-corrected chi connectivity index (χ3v) is 5.76. The Labute approximate surface area is 177 Å². The first-order chi connectivity index (χ1) is 14.4. The van der Waals surface area contributed by atoms with Crippen molar-refractivity contribution in [2.75, 3.05) is 19.7 Å². The number of aliphatic hydroxyl groups excluding tert-OH is 1. The quantitative estimate of drug-likeness (QED) is 0.710. The smallest absolute Gasteiger partial charge is 0.223 e. The van der Waals surface area contributed by atoms with E-state index < -0.39 is 6.61 Å². The molecule has 30 heavy (non-hydrogen) atoms. The van der Waals surface area contributed by atoms with Gasteiger partial charge in [-0.1, -0.05) is 36.4 Å². The summed E-state index contributed by atoms with van der Waals surface area (Å²) >= 11 is 0. The van der Waals surface area contributed by atoms with Gasteiger partial charge in [0, 0.05) is 43.7 Å². The van der Waals surface area contributed by atoms with Gasteiger partial charge in [0.25, 0.3) is 0 Å². The molecular weight excluding hydrogens is 383 g/mol. The van der Waals surface area contributed by atoms with Crippen LogP contribution in [0.3, 0.4) is 0 Å². The lowest BCUT2D eigenvalue weighted by Gasteiger charge is -2.44. The number of Topliss-reactive ketones (excluding diaryl/α,β-unsaturated/α-hetero) is 1. The third kappa shape index (κ3) is 5.52. The van der Waals surface area contributed by atoms with E-state index in [4.69, 9.17) is 5.11 Å². The molecule has 160 valence electrons. The van der Waals surface area contributed by atoms with Gasteiger partial charge in [-0.05, 0) is 43.5 Å². The molecule has 0 bridgehead atoms. The maximum Gasteiger partial charge on any atom is 0.223 e. The number of piperazine rings is 1. The van der Waals surface area contributed by atoms with Crippen LogP contribution < -0.4 is 0 Å². The molecule has 0 radical (unpaired) electrons. The molecule has 0 aromatic heterocycles. The average molecular weight is 413 g/mol. The Hall–Kier alpha value is -2.57. The summed E-state index contributed by atoms with van der Waals surface area (Å²) in [7, 11) is 0. The van der Waals surface area contributed by atoms with Crippen molar-refractivity contribution < 1.29 is 19.1 Å². The molecule has 0 spiro atoms. The largest absolute Gasteiger partial charge is 0.388 e. The molecule has 2 atom stereocenters. The Kier molecular flexibility index (Phi) is 7.34. The van der Waals surface area contributed by atoms with Gasteiger partial charge in [0.1, 0.15) is 12.4 Å². The zero-order chi connectivity index (χ0) is 21.7. The van der Waals surface area contributed by atoms with Gasteiger partial charge < -0.3 is 10.0 Å². The molecule has 1 fully saturated rings. The highest BCUT2D eigenvalue weighted by atomic mass is 19.1. The Morgan fingerprint density at radius 3 is 2.30 bits per heavy atom. The van der Waals surface area contributed by atoms with E-state index in [1.54, 1.807) is 18.2 Å². The molecule has 1 heterocycles. The molecule has 0 unspecified atom stereocenters. The van der Waals surface area contributed by atoms with Crippen LogP contribution in [0.15, 0.2) is 48.5 Å². The lowest BCUT2D eigenvalue weighted by Crippen LogP contribution is -2.57. The Morgan fingerprint density at radius 2 is 1.70 bits per heavy atom. The van der Waals surface area contributed by atoms with Crippen LogP contribution in [0.1, 0.15) is 41.8 Å². The van der Waals surface area contributed by atoms with Crippen molar-refractivity contribution in [2.45, 2.75) is 45.3 Å². The number of carbonyl (C=O) groups is 2. The molecule has 6 heteroatoms. The van der Waals surface area contributed by atoms with Crippen LogP contribution in [-0.2, 0) is 17.8 Å². The number of nitrogens with zero attached hydrogens (tertiary/aromatic N) is 2. The van der Waals surface area contributed by atoms with Gasteiger partial charge in [0.05, 0.1) is 0 Å². The van der Waals surface area contributed by atoms with Crippen molar-refractivity contribution in [3.8, 4) is 0 Å². The van der Waals surface area contributed by atoms with Gasteiger partial charge in [0.2, 0.25) is 5.91 Å². The molecule has 0 aliphatic carbocycles. The van der Waals surface area contributed by atoms with Crippen LogP contribution in [-0.4, -0.2) is 58.4 Å². The van der Waals surface area contributed by atoms with Crippen LogP contribution in [0.25, 0.3) is 0 Å². The summed E-state index contributed by atoms with van der Waals surface area (Å²) in [5.74, 6) is -0.456. The number of carbonyl (C=O) groups excluding carboxylic acids is 2. The number of aryl methyl sites for hydroxylation is 1. The highest BCUT2D eigenvalue weighted by Crippen LogP contribution is 2.20. The summed E-state index contributed by atoms with van der Waals surface area (Å²) in [4.78, 5) is 28.5. The number of halogens is 1. The van der Waals surface area contributed by atoms with Crippen LogP contribution in [0, 0.1) is 5.82 Å². The number of hydrogen-bond donors (Lipinski definition) is 1. The molecule has 0 saturated carbocycles. The van der Waals surface area contributed by atoms with Crippen molar-refractivity contribution in [3.63, 3.8) is 0 Å². The maximum absolute atomic E-state index is 13.3. The first kappa shape index (κ1) is 22.1. The second-order valence-corrected chi connectivity index (χ2v) is 8.08. The van der Waals surface area contributed by atoms with Gasteiger partial charge in [-0.3, -0.25) is 14.5 Å². The number of aliphatic hydroxyl groups is 1. The topological polar surface area (TPSA) is 60.9 Å². The second-order valence-electron chi connectivity index (χ2n) is 8.08. The molecule has 1 aliphatic heterocycles. The minimum Gasteiger partial charge on any atom is -0.388 e. The fourth-order valence-corrected chi connectivity index (χ4v) is 4.07. The fourth-order valence-electron chi connectivity index (χ4n) is 4.07. The predicted octanol–water partition coefficient (Wildman–Crippen LogP) is 3.05. The van der Waals surface area contributed by atoms with E-state index in [0.717, 1.165) is 17.7 Å². The van der Waals surface area contributed by atoms with E-state index in [9.17, 15) is 14.0 Å². The zero-order valence-corrected chi connectivity index (χ0v) is 17.6. The van der Waals surface area contributed by atoms with Crippen LogP contribution in [0.2, 0.25) is 0 Å². The number of benzene rings is 2. The van der Waals surface area contributed by atoms with Crippen molar-refractivity contribution in [1.82, 2.24) is 9.80 Å². The highest BCUT2D eigenvalue weighted by Gasteiger charge is 2.31. The average Bonchev–Trinajstić information content (AvgIpc) is 2.74. The molecule has 3 rings (SSSR count). The number of ketones is 1. The van der Waals surface area contributed by atoms with Crippen LogP contribution >= 0.6 is 0 Å². The first-order valence-electron chi connectivity index (χ1n) is 10.4. The third-order valence-electron chi connectivity index (χ3n) is 5.76. The molecule has 2 aromatic carbocycles. The SMILES string of the molecule is C[C@@H]1CN(C(=O)CCc2cccc(F)c2)C[C@H](C)N1Cc1ccc(C(=O)CO)cc1. The maximum atomic E-state index is 13.3. The van der Waals surface area contributed by atoms with E-state index in [1.807, 2.05) is 23.1 Å². The van der Waals surface area contributed by atoms with Gasteiger partial charge in [0.15, 0.2) is 5.78 Å². The van der Waals surface area contributed by atoms with Gasteiger partial charge in [-0.2, -0.15) is 0 Å². The monoisotopic (exact) mass is 412 g/mol. The molecule has 1 amide bonds. The van der Waals surface area contributed by atoms with Crippen LogP contribution in [0.5, 0.6) is 0 Å². The Balaban J connectivity index is 1.55. The Morgan fingerprint density at radius 1 is 1.03 bits per heavy atom. The van der Waals surface area contributed by atoms with Crippen molar-refractivity contribution in [2.24, 2.45) is 0 Å². The van der Waals surface area contributed by atoms with Crippen LogP contribution in [0.4, 0.5) is 4.39 Å². The highest BCUT2D eigenvalue weighted by molar-refractivity contribution is 5.96. The molecule has 2 aromatic rings. The minimum atomic E-state index is -0.484. The van der Waals surface area contributed by atoms with Crippen molar-refractivity contribution in [3.05, 3.63) is 71.0 Å². The van der Waals surface area contributed by atoms with E-state index >= 15 is 0 Å². The predicted molar refractivity (Wildman–Crippen MR) is 114 cm³/mol. The number of hydrogen-bond acceptors (Lipinski definition) is 4. The second kappa shape index (κ2) is 9.96. The minimum absolute atomic E-state index is 0.101. The van der Waals surface area contributed by atoms with E-state index in [0.29, 0.717) is 31.5 Å². The van der Waals surface area contributed by atoms with Gasteiger partial charge in [-0.15, -0.1) is 0 Å². The molecule has 1 saturated heterocycles. The summed E-state index contributed by atoms with van der Waals surface area (Å²) < 4.78 is 13.3. The summed E-state index contributed by atoms with van der Waals surface area (Å²) in [5.41, 5.74) is 2.44. The molecular formula is C24H29FN2O3. The zero-order valence-electron chi connectivity index (χ0n) is 17.6. The molecule has 5 nitrogen and oxygen atoms in total. The normalized spacial score (nSPS) is 19.7. The lowest BCUT2D eigenvalue weighted by atomic mass is 10.0. The summed E-state index contributed by atoms with van der Waals surface area (Å²) in [5, 5.41) is 8.97. The Bertz CT molecular complexity index is 872. The number of rotatable bonds is 7. The summed E-state index contributed by atoms with van der Waals surface area (Å²) in [6.45, 7) is 5.81. The first-order valence-corrected chi connectivity index (χ1v) is 10.4. The standard InChI is InChI=1S/C24H29FN2O3/c1-17-13-26(24(30)11-8-19-4-3-5-22(25)12-19)14-18(2)27(17)15-20-6-9-21(10-7-20)23(29)16-28/h3-7,9-10,12,17-18,28H,8,11,13-16H2,1-2H3/t17-,18+. The number of amides is 1. The van der Waals surface area contributed by atoms with Gasteiger partial charge in [-0.25, -0.2) is 4.39 Å². The van der Waals surface area contributed by atoms with E-state index in [-0.39, 0.29) is 29.6 Å². The summed E-state index contributed by atoms with van der Waals surface area (Å²) in [6.07, 6.45) is 0.918. The molecule has 1 N–H and O–H groups in total.